The Kier molecular flexibility index (Phi) is 9.01. The summed E-state index contributed by atoms with van der Waals surface area (Å²) in [4.78, 5) is 14.9. The first-order valence-corrected chi connectivity index (χ1v) is 23.8. The van der Waals surface area contributed by atoms with E-state index in [1.165, 1.54) is 71.1 Å². The third-order valence-electron chi connectivity index (χ3n) is 13.9. The van der Waals surface area contributed by atoms with E-state index in [-0.39, 0.29) is 0 Å². The summed E-state index contributed by atoms with van der Waals surface area (Å²) in [5.74, 6) is 1.92. The lowest BCUT2D eigenvalue weighted by Gasteiger charge is -2.14. The Labute approximate surface area is 403 Å². The van der Waals surface area contributed by atoms with E-state index >= 15 is 0 Å². The number of para-hydroxylation sites is 4. The highest BCUT2D eigenvalue weighted by Crippen LogP contribution is 2.42. The van der Waals surface area contributed by atoms with Crippen molar-refractivity contribution >= 4 is 65.4 Å². The molecular weight excluding hydrogens is 853 g/mol. The van der Waals surface area contributed by atoms with E-state index in [2.05, 4.69) is 197 Å². The summed E-state index contributed by atoms with van der Waals surface area (Å²) in [5, 5.41) is 7.38. The molecular formula is C64H42N6. The average molecular weight is 895 g/mol. The average Bonchev–Trinajstić information content (AvgIpc) is 4.07. The van der Waals surface area contributed by atoms with Crippen molar-refractivity contribution in [2.45, 2.75) is 6.92 Å². The quantitative estimate of drug-likeness (QED) is 0.160. The number of aromatic nitrogens is 6. The minimum Gasteiger partial charge on any atom is -0.309 e. The van der Waals surface area contributed by atoms with E-state index in [1.807, 2.05) is 60.7 Å². The van der Waals surface area contributed by atoms with Gasteiger partial charge in [-0.15, -0.1) is 0 Å². The zero-order chi connectivity index (χ0) is 46.3. The highest BCUT2D eigenvalue weighted by molar-refractivity contribution is 6.17. The number of rotatable bonds is 7. The number of benzene rings is 10. The Morgan fingerprint density at radius 2 is 0.671 bits per heavy atom. The van der Waals surface area contributed by atoms with E-state index in [0.717, 1.165) is 44.8 Å². The molecule has 0 fully saturated rings. The Balaban J connectivity index is 0.892. The lowest BCUT2D eigenvalue weighted by atomic mass is 9.98. The van der Waals surface area contributed by atoms with Crippen molar-refractivity contribution in [3.05, 3.63) is 242 Å². The number of fused-ring (bicyclic) bond motifs is 9. The molecule has 0 spiro atoms. The van der Waals surface area contributed by atoms with Crippen molar-refractivity contribution in [2.75, 3.05) is 0 Å². The van der Waals surface area contributed by atoms with Crippen molar-refractivity contribution in [1.29, 1.82) is 0 Å². The highest BCUT2D eigenvalue weighted by Gasteiger charge is 2.20. The van der Waals surface area contributed by atoms with Gasteiger partial charge in [0.15, 0.2) is 17.5 Å². The lowest BCUT2D eigenvalue weighted by molar-refractivity contribution is 1.07. The molecule has 0 aliphatic carbocycles. The van der Waals surface area contributed by atoms with Gasteiger partial charge in [0.25, 0.3) is 0 Å². The van der Waals surface area contributed by atoms with Crippen LogP contribution in [0, 0.1) is 6.92 Å². The van der Waals surface area contributed by atoms with Crippen LogP contribution in [0.3, 0.4) is 0 Å². The molecule has 0 radical (unpaired) electrons. The SMILES string of the molecule is Cc1cc(-n2c3ccccc3c3ccccc32)cc(-n2c3ccccc3c3cc(-c4cccc5c4c4ccccc4n5-c4ccc(-c5nc(-c6ccccc6)nc(-c6ccccc6)n5)cc4)ccc32)c1. The fourth-order valence-corrected chi connectivity index (χ4v) is 10.9. The van der Waals surface area contributed by atoms with Crippen LogP contribution in [0.5, 0.6) is 0 Å². The Morgan fingerprint density at radius 1 is 0.271 bits per heavy atom. The van der Waals surface area contributed by atoms with Gasteiger partial charge in [-0.3, -0.25) is 0 Å². The van der Waals surface area contributed by atoms with Gasteiger partial charge in [0, 0.05) is 66.1 Å². The smallest absolute Gasteiger partial charge is 0.164 e. The summed E-state index contributed by atoms with van der Waals surface area (Å²) < 4.78 is 7.24. The van der Waals surface area contributed by atoms with Crippen LogP contribution in [-0.4, -0.2) is 28.7 Å². The zero-order valence-electron chi connectivity index (χ0n) is 38.2. The molecule has 0 unspecified atom stereocenters. The third kappa shape index (κ3) is 6.31. The van der Waals surface area contributed by atoms with Crippen molar-refractivity contribution in [2.24, 2.45) is 0 Å². The molecule has 0 atom stereocenters. The second-order valence-corrected chi connectivity index (χ2v) is 18.1. The molecule has 0 saturated carbocycles. The monoisotopic (exact) mass is 894 g/mol. The van der Waals surface area contributed by atoms with Crippen LogP contribution < -0.4 is 0 Å². The summed E-state index contributed by atoms with van der Waals surface area (Å²) in [6.07, 6.45) is 0. The number of hydrogen-bond donors (Lipinski definition) is 0. The van der Waals surface area contributed by atoms with Gasteiger partial charge < -0.3 is 13.7 Å². The first-order valence-electron chi connectivity index (χ1n) is 23.8. The van der Waals surface area contributed by atoms with Crippen molar-refractivity contribution in [3.63, 3.8) is 0 Å². The first kappa shape index (κ1) is 39.7. The lowest BCUT2D eigenvalue weighted by Crippen LogP contribution is -2.00. The van der Waals surface area contributed by atoms with Gasteiger partial charge in [-0.1, -0.05) is 152 Å². The normalized spacial score (nSPS) is 11.8. The Bertz CT molecular complexity index is 4240. The largest absolute Gasteiger partial charge is 0.309 e. The minimum atomic E-state index is 0.631. The van der Waals surface area contributed by atoms with Crippen molar-refractivity contribution in [3.8, 4) is 62.4 Å². The molecule has 6 heteroatoms. The van der Waals surface area contributed by atoms with E-state index in [4.69, 9.17) is 15.0 Å². The zero-order valence-corrected chi connectivity index (χ0v) is 38.2. The van der Waals surface area contributed by atoms with E-state index in [0.29, 0.717) is 17.5 Å². The van der Waals surface area contributed by atoms with Gasteiger partial charge >= 0.3 is 0 Å². The Morgan fingerprint density at radius 3 is 1.21 bits per heavy atom. The van der Waals surface area contributed by atoms with Gasteiger partial charge in [-0.05, 0) is 109 Å². The molecule has 4 aromatic heterocycles. The second-order valence-electron chi connectivity index (χ2n) is 18.1. The molecule has 70 heavy (non-hydrogen) atoms. The second kappa shape index (κ2) is 15.9. The summed E-state index contributed by atoms with van der Waals surface area (Å²) in [7, 11) is 0. The van der Waals surface area contributed by atoms with Crippen molar-refractivity contribution < 1.29 is 0 Å². The highest BCUT2D eigenvalue weighted by atomic mass is 15.0. The van der Waals surface area contributed by atoms with Crippen LogP contribution in [0.4, 0.5) is 0 Å². The van der Waals surface area contributed by atoms with Crippen LogP contribution >= 0.6 is 0 Å². The number of aryl methyl sites for hydroxylation is 1. The molecule has 6 nitrogen and oxygen atoms in total. The minimum absolute atomic E-state index is 0.631. The van der Waals surface area contributed by atoms with Gasteiger partial charge in [0.2, 0.25) is 0 Å². The number of hydrogen-bond acceptors (Lipinski definition) is 3. The summed E-state index contributed by atoms with van der Waals surface area (Å²) in [5.41, 5.74) is 16.8. The molecule has 14 aromatic rings. The molecule has 14 rings (SSSR count). The molecule has 0 amide bonds. The number of nitrogens with zero attached hydrogens (tertiary/aromatic N) is 6. The van der Waals surface area contributed by atoms with Gasteiger partial charge in [-0.2, -0.15) is 0 Å². The fraction of sp³-hybridized carbons (Fsp3) is 0.0156. The molecule has 0 bridgehead atoms. The molecule has 10 aromatic carbocycles. The summed E-state index contributed by atoms with van der Waals surface area (Å²) in [6, 6.07) is 84.6. The molecule has 0 aliphatic rings. The first-order chi connectivity index (χ1) is 34.6. The fourth-order valence-electron chi connectivity index (χ4n) is 10.9. The topological polar surface area (TPSA) is 53.5 Å². The maximum absolute atomic E-state index is 5.00. The third-order valence-corrected chi connectivity index (χ3v) is 13.9. The molecule has 0 N–H and O–H groups in total. The molecule has 0 aliphatic heterocycles. The molecule has 4 heterocycles. The Hall–Kier alpha value is -9.39. The van der Waals surface area contributed by atoms with E-state index in [9.17, 15) is 0 Å². The van der Waals surface area contributed by atoms with Gasteiger partial charge in [0.1, 0.15) is 0 Å². The van der Waals surface area contributed by atoms with Crippen LogP contribution in [-0.2, 0) is 0 Å². The van der Waals surface area contributed by atoms with Crippen LogP contribution in [0.15, 0.2) is 237 Å². The standard InChI is InChI=1S/C64H42N6/c1-41-37-47(69-55-26-12-8-21-50(55)51-22-9-13-27-56(51)69)40-48(38-41)70-57-28-14-10-23-52(57)54-39-45(33-36-59(54)70)49-25-16-30-60-61(49)53-24-11-15-29-58(53)68(60)46-34-31-44(32-35-46)64-66-62(42-17-4-2-5-18-42)65-63(67-64)43-19-6-3-7-20-43/h2-40H,1H3. The van der Waals surface area contributed by atoms with Crippen molar-refractivity contribution in [1.82, 2.24) is 28.7 Å². The van der Waals surface area contributed by atoms with Gasteiger partial charge in [0.05, 0.1) is 33.1 Å². The maximum Gasteiger partial charge on any atom is 0.164 e. The molecule has 0 saturated heterocycles. The summed E-state index contributed by atoms with van der Waals surface area (Å²) >= 11 is 0. The predicted molar refractivity (Wildman–Crippen MR) is 289 cm³/mol. The molecule has 328 valence electrons. The maximum atomic E-state index is 5.00. The van der Waals surface area contributed by atoms with Gasteiger partial charge in [-0.25, -0.2) is 15.0 Å². The predicted octanol–water partition coefficient (Wildman–Crippen LogP) is 16.1. The van der Waals surface area contributed by atoms with E-state index in [1.54, 1.807) is 0 Å². The van der Waals surface area contributed by atoms with Crippen LogP contribution in [0.1, 0.15) is 5.56 Å². The van der Waals surface area contributed by atoms with Crippen LogP contribution in [0.2, 0.25) is 0 Å². The summed E-state index contributed by atoms with van der Waals surface area (Å²) in [6.45, 7) is 2.21. The van der Waals surface area contributed by atoms with Crippen LogP contribution in [0.25, 0.3) is 128 Å². The van der Waals surface area contributed by atoms with E-state index < -0.39 is 0 Å².